The molecule has 1 N–H and O–H groups in total. The summed E-state index contributed by atoms with van der Waals surface area (Å²) in [5.41, 5.74) is 0.539. The van der Waals surface area contributed by atoms with Crippen molar-refractivity contribution >= 4 is 23.3 Å². The number of rotatable bonds is 6. The number of esters is 1. The number of nitro groups is 1. The number of furan rings is 1. The van der Waals surface area contributed by atoms with E-state index in [-0.39, 0.29) is 22.7 Å². The summed E-state index contributed by atoms with van der Waals surface area (Å²) in [6, 6.07) is 4.00. The Morgan fingerprint density at radius 2 is 1.89 bits per heavy atom. The van der Waals surface area contributed by atoms with Gasteiger partial charge in [-0.1, -0.05) is 0 Å². The van der Waals surface area contributed by atoms with Crippen molar-refractivity contribution in [2.75, 3.05) is 12.4 Å². The van der Waals surface area contributed by atoms with Gasteiger partial charge in [0, 0.05) is 5.56 Å². The van der Waals surface area contributed by atoms with E-state index in [9.17, 15) is 19.7 Å². The van der Waals surface area contributed by atoms with E-state index < -0.39 is 22.9 Å². The van der Waals surface area contributed by atoms with E-state index in [4.69, 9.17) is 13.9 Å². The SMILES string of the molecule is COc1ccc(NC(=O)[C@H](C)OC(=O)c2c(C)oc(C)c2C)c([N+](=O)[O-])c1. The first-order valence-electron chi connectivity index (χ1n) is 8.06. The van der Waals surface area contributed by atoms with Gasteiger partial charge in [-0.15, -0.1) is 0 Å². The van der Waals surface area contributed by atoms with Crippen molar-refractivity contribution in [1.29, 1.82) is 0 Å². The molecule has 144 valence electrons. The van der Waals surface area contributed by atoms with E-state index in [0.717, 1.165) is 0 Å². The highest BCUT2D eigenvalue weighted by atomic mass is 16.6. The van der Waals surface area contributed by atoms with Gasteiger partial charge in [-0.2, -0.15) is 0 Å². The summed E-state index contributed by atoms with van der Waals surface area (Å²) in [4.78, 5) is 35.2. The number of nitrogens with zero attached hydrogens (tertiary/aromatic N) is 1. The Labute approximate surface area is 155 Å². The minimum absolute atomic E-state index is 0.0276. The maximum atomic E-state index is 12.3. The summed E-state index contributed by atoms with van der Waals surface area (Å²) < 4.78 is 15.5. The Morgan fingerprint density at radius 3 is 2.41 bits per heavy atom. The number of anilines is 1. The molecule has 0 aliphatic carbocycles. The van der Waals surface area contributed by atoms with Crippen LogP contribution in [0.15, 0.2) is 22.6 Å². The van der Waals surface area contributed by atoms with Gasteiger partial charge in [-0.3, -0.25) is 14.9 Å². The third kappa shape index (κ3) is 4.25. The number of nitrogens with one attached hydrogen (secondary N) is 1. The minimum atomic E-state index is -1.17. The van der Waals surface area contributed by atoms with Crippen molar-refractivity contribution in [3.05, 3.63) is 51.0 Å². The fourth-order valence-corrected chi connectivity index (χ4v) is 2.50. The van der Waals surface area contributed by atoms with Crippen LogP contribution in [0, 0.1) is 30.9 Å². The minimum Gasteiger partial charge on any atom is -0.496 e. The lowest BCUT2D eigenvalue weighted by Crippen LogP contribution is -2.30. The van der Waals surface area contributed by atoms with Crippen LogP contribution in [0.3, 0.4) is 0 Å². The maximum absolute atomic E-state index is 12.3. The van der Waals surface area contributed by atoms with Crippen LogP contribution >= 0.6 is 0 Å². The van der Waals surface area contributed by atoms with Crippen molar-refractivity contribution in [1.82, 2.24) is 0 Å². The van der Waals surface area contributed by atoms with Crippen molar-refractivity contribution in [3.63, 3.8) is 0 Å². The average molecular weight is 376 g/mol. The van der Waals surface area contributed by atoms with Gasteiger partial charge in [-0.05, 0) is 39.8 Å². The van der Waals surface area contributed by atoms with Crippen molar-refractivity contribution in [3.8, 4) is 5.75 Å². The number of amides is 1. The van der Waals surface area contributed by atoms with Crippen LogP contribution in [0.5, 0.6) is 5.75 Å². The summed E-state index contributed by atoms with van der Waals surface area (Å²) >= 11 is 0. The Morgan fingerprint density at radius 1 is 1.22 bits per heavy atom. The zero-order valence-electron chi connectivity index (χ0n) is 15.6. The second-order valence-corrected chi connectivity index (χ2v) is 5.89. The molecule has 0 saturated heterocycles. The molecule has 0 radical (unpaired) electrons. The van der Waals surface area contributed by atoms with Crippen LogP contribution in [-0.4, -0.2) is 30.0 Å². The summed E-state index contributed by atoms with van der Waals surface area (Å²) in [6.45, 7) is 6.44. The fraction of sp³-hybridized carbons (Fsp3) is 0.333. The highest BCUT2D eigenvalue weighted by molar-refractivity contribution is 5.99. The average Bonchev–Trinajstić information content (AvgIpc) is 2.86. The number of carbonyl (C=O) groups excluding carboxylic acids is 2. The van der Waals surface area contributed by atoms with Crippen molar-refractivity contribution in [2.45, 2.75) is 33.8 Å². The van der Waals surface area contributed by atoms with Gasteiger partial charge in [0.15, 0.2) is 6.10 Å². The molecule has 1 aromatic carbocycles. The van der Waals surface area contributed by atoms with E-state index >= 15 is 0 Å². The van der Waals surface area contributed by atoms with Gasteiger partial charge in [0.1, 0.15) is 28.5 Å². The molecule has 0 spiro atoms. The molecule has 1 heterocycles. The number of ether oxygens (including phenoxy) is 2. The van der Waals surface area contributed by atoms with Gasteiger partial charge in [0.25, 0.3) is 11.6 Å². The molecule has 9 nitrogen and oxygen atoms in total. The first kappa shape index (κ1) is 20.0. The fourth-order valence-electron chi connectivity index (χ4n) is 2.50. The Hall–Kier alpha value is -3.36. The van der Waals surface area contributed by atoms with Gasteiger partial charge in [-0.25, -0.2) is 4.79 Å². The van der Waals surface area contributed by atoms with E-state index in [1.165, 1.54) is 32.2 Å². The van der Waals surface area contributed by atoms with Gasteiger partial charge in [0.2, 0.25) is 0 Å². The first-order valence-corrected chi connectivity index (χ1v) is 8.06. The molecule has 0 unspecified atom stereocenters. The number of carbonyl (C=O) groups is 2. The number of methoxy groups -OCH3 is 1. The maximum Gasteiger partial charge on any atom is 0.342 e. The number of nitro benzene ring substituents is 1. The predicted octanol–water partition coefficient (Wildman–Crippen LogP) is 3.31. The van der Waals surface area contributed by atoms with E-state index in [1.807, 2.05) is 0 Å². The normalized spacial score (nSPS) is 11.6. The summed E-state index contributed by atoms with van der Waals surface area (Å²) in [7, 11) is 1.38. The highest BCUT2D eigenvalue weighted by Crippen LogP contribution is 2.29. The second-order valence-electron chi connectivity index (χ2n) is 5.89. The van der Waals surface area contributed by atoms with Crippen LogP contribution < -0.4 is 10.1 Å². The van der Waals surface area contributed by atoms with E-state index in [1.54, 1.807) is 20.8 Å². The van der Waals surface area contributed by atoms with Gasteiger partial charge < -0.3 is 19.2 Å². The molecule has 2 rings (SSSR count). The van der Waals surface area contributed by atoms with Gasteiger partial charge in [0.05, 0.1) is 18.1 Å². The first-order chi connectivity index (χ1) is 12.6. The predicted molar refractivity (Wildman–Crippen MR) is 96.1 cm³/mol. The molecule has 9 heteroatoms. The summed E-state index contributed by atoms with van der Waals surface area (Å²) in [5, 5.41) is 13.6. The van der Waals surface area contributed by atoms with Crippen LogP contribution in [0.4, 0.5) is 11.4 Å². The number of aryl methyl sites for hydroxylation is 2. The number of hydrogen-bond acceptors (Lipinski definition) is 7. The molecule has 0 saturated carbocycles. The van der Waals surface area contributed by atoms with E-state index in [2.05, 4.69) is 5.32 Å². The number of hydrogen-bond donors (Lipinski definition) is 1. The quantitative estimate of drug-likeness (QED) is 0.466. The van der Waals surface area contributed by atoms with E-state index in [0.29, 0.717) is 17.1 Å². The van der Waals surface area contributed by atoms with Crippen LogP contribution in [0.1, 0.15) is 34.4 Å². The van der Waals surface area contributed by atoms with Gasteiger partial charge >= 0.3 is 5.97 Å². The molecule has 0 aliphatic rings. The zero-order valence-corrected chi connectivity index (χ0v) is 15.6. The molecule has 1 atom stereocenters. The van der Waals surface area contributed by atoms with Crippen LogP contribution in [-0.2, 0) is 9.53 Å². The van der Waals surface area contributed by atoms with Crippen molar-refractivity contribution < 1.29 is 28.4 Å². The smallest absolute Gasteiger partial charge is 0.342 e. The topological polar surface area (TPSA) is 121 Å². The zero-order chi connectivity index (χ0) is 20.3. The lowest BCUT2D eigenvalue weighted by molar-refractivity contribution is -0.384. The second kappa shape index (κ2) is 7.90. The molecule has 0 aliphatic heterocycles. The molecule has 1 aromatic heterocycles. The number of benzene rings is 1. The Balaban J connectivity index is 2.14. The molecular weight excluding hydrogens is 356 g/mol. The van der Waals surface area contributed by atoms with Crippen molar-refractivity contribution in [2.24, 2.45) is 0 Å². The Bertz CT molecular complexity index is 901. The molecule has 0 bridgehead atoms. The molecule has 1 amide bonds. The third-order valence-electron chi connectivity index (χ3n) is 4.08. The van der Waals surface area contributed by atoms with Crippen LogP contribution in [0.25, 0.3) is 0 Å². The lowest BCUT2D eigenvalue weighted by Gasteiger charge is -2.14. The largest absolute Gasteiger partial charge is 0.496 e. The summed E-state index contributed by atoms with van der Waals surface area (Å²) in [6.07, 6.45) is -1.17. The third-order valence-corrected chi connectivity index (χ3v) is 4.08. The standard InChI is InChI=1S/C18H20N2O7/c1-9-10(2)26-11(3)16(9)18(22)27-12(4)17(21)19-14-7-6-13(25-5)8-15(14)20(23)24/h6-8,12H,1-5H3,(H,19,21)/t12-/m0/s1. The summed E-state index contributed by atoms with van der Waals surface area (Å²) in [5.74, 6) is -0.139. The van der Waals surface area contributed by atoms with Crippen LogP contribution in [0.2, 0.25) is 0 Å². The monoisotopic (exact) mass is 376 g/mol. The molecular formula is C18H20N2O7. The molecule has 2 aromatic rings. The lowest BCUT2D eigenvalue weighted by atomic mass is 10.1. The Kier molecular flexibility index (Phi) is 5.84. The molecule has 27 heavy (non-hydrogen) atoms. The highest BCUT2D eigenvalue weighted by Gasteiger charge is 2.26. The molecule has 0 fully saturated rings.